The van der Waals surface area contributed by atoms with Crippen LogP contribution >= 0.6 is 0 Å². The van der Waals surface area contributed by atoms with Gasteiger partial charge < -0.3 is 19.9 Å². The number of hydrogen-bond donors (Lipinski definition) is 2. The van der Waals surface area contributed by atoms with E-state index < -0.39 is 23.6 Å². The number of carbonyl (C=O) groups is 2. The number of ether oxygens (including phenoxy) is 1. The van der Waals surface area contributed by atoms with Crippen LogP contribution in [0.25, 0.3) is 22.4 Å². The molecule has 2 N–H and O–H groups in total. The normalized spacial score (nSPS) is 11.5. The second kappa shape index (κ2) is 10.2. The molecule has 0 spiro atoms. The van der Waals surface area contributed by atoms with E-state index in [2.05, 4.69) is 20.6 Å². The summed E-state index contributed by atoms with van der Waals surface area (Å²) in [5.74, 6) is -0.513. The summed E-state index contributed by atoms with van der Waals surface area (Å²) in [5, 5.41) is 5.22. The Labute approximate surface area is 204 Å². The number of nitrogens with one attached hydrogen (secondary N) is 2. The van der Waals surface area contributed by atoms with E-state index in [9.17, 15) is 22.8 Å². The van der Waals surface area contributed by atoms with Crippen molar-refractivity contribution in [1.82, 2.24) is 19.9 Å². The number of alkyl halides is 3. The molecule has 186 valence electrons. The molecule has 0 unspecified atom stereocenters. The second-order valence-electron chi connectivity index (χ2n) is 7.94. The smallest absolute Gasteiger partial charge is 0.375 e. The zero-order valence-corrected chi connectivity index (χ0v) is 19.4. The van der Waals surface area contributed by atoms with Crippen LogP contribution in [0.5, 0.6) is 0 Å². The van der Waals surface area contributed by atoms with E-state index in [1.807, 2.05) is 0 Å². The molecule has 2 amide bonds. The van der Waals surface area contributed by atoms with Crippen LogP contribution in [0.1, 0.15) is 21.5 Å². The van der Waals surface area contributed by atoms with Crippen molar-refractivity contribution in [1.29, 1.82) is 0 Å². The highest BCUT2D eigenvalue weighted by atomic mass is 19.4. The molecule has 11 heteroatoms. The van der Waals surface area contributed by atoms with Crippen LogP contribution < -0.4 is 10.6 Å². The predicted octanol–water partition coefficient (Wildman–Crippen LogP) is 4.17. The number of aryl methyl sites for hydroxylation is 1. The average Bonchev–Trinajstić information content (AvgIpc) is 3.18. The number of pyridine rings is 1. The van der Waals surface area contributed by atoms with Crippen molar-refractivity contribution in [3.8, 4) is 11.4 Å². The first-order valence-corrected chi connectivity index (χ1v) is 10.8. The number of anilines is 1. The molecule has 0 saturated heterocycles. The number of hydrogen-bond acceptors (Lipinski definition) is 5. The summed E-state index contributed by atoms with van der Waals surface area (Å²) < 4.78 is 46.7. The maximum Gasteiger partial charge on any atom is 0.416 e. The Bertz CT molecular complexity index is 1420. The fourth-order valence-corrected chi connectivity index (χ4v) is 3.91. The van der Waals surface area contributed by atoms with Gasteiger partial charge in [-0.2, -0.15) is 13.2 Å². The van der Waals surface area contributed by atoms with Crippen molar-refractivity contribution < 1.29 is 27.5 Å². The highest BCUT2D eigenvalue weighted by Crippen LogP contribution is 2.32. The summed E-state index contributed by atoms with van der Waals surface area (Å²) in [5.41, 5.74) is 1.16. The molecule has 0 bridgehead atoms. The monoisotopic (exact) mass is 497 g/mol. The van der Waals surface area contributed by atoms with Gasteiger partial charge in [0.05, 0.1) is 22.2 Å². The van der Waals surface area contributed by atoms with Crippen LogP contribution in [-0.4, -0.2) is 40.1 Å². The van der Waals surface area contributed by atoms with E-state index in [0.29, 0.717) is 22.5 Å². The number of imidazole rings is 1. The standard InChI is InChI=1S/C25H22F3N5O3/c1-33-22-18(24(35)30-13-16-5-3-4-6-19(16)25(26,27)28)11-17(31-21(34)14-36-2)12-20(22)32-23(33)15-7-9-29-10-8-15/h3-12H,13-14H2,1-2H3,(H,30,35)(H,31,34). The minimum atomic E-state index is -4.55. The van der Waals surface area contributed by atoms with E-state index >= 15 is 0 Å². The Morgan fingerprint density at radius 2 is 1.81 bits per heavy atom. The van der Waals surface area contributed by atoms with Gasteiger partial charge >= 0.3 is 6.18 Å². The maximum atomic E-state index is 13.4. The lowest BCUT2D eigenvalue weighted by atomic mass is 10.1. The number of amides is 2. The first-order valence-electron chi connectivity index (χ1n) is 10.8. The number of fused-ring (bicyclic) bond motifs is 1. The summed E-state index contributed by atoms with van der Waals surface area (Å²) in [6, 6.07) is 11.6. The Kier molecular flexibility index (Phi) is 7.02. The van der Waals surface area contributed by atoms with Crippen LogP contribution in [0.3, 0.4) is 0 Å². The van der Waals surface area contributed by atoms with E-state index in [1.54, 1.807) is 42.2 Å². The summed E-state index contributed by atoms with van der Waals surface area (Å²) >= 11 is 0. The topological polar surface area (TPSA) is 98.1 Å². The van der Waals surface area contributed by atoms with Gasteiger partial charge in [0.25, 0.3) is 5.91 Å². The molecule has 4 aromatic rings. The molecule has 0 aliphatic rings. The van der Waals surface area contributed by atoms with Crippen molar-refractivity contribution in [3.05, 3.63) is 77.6 Å². The molecular weight excluding hydrogens is 475 g/mol. The van der Waals surface area contributed by atoms with Crippen LogP contribution in [-0.2, 0) is 29.3 Å². The van der Waals surface area contributed by atoms with Crippen molar-refractivity contribution in [2.75, 3.05) is 19.0 Å². The fourth-order valence-electron chi connectivity index (χ4n) is 3.91. The molecule has 0 atom stereocenters. The van der Waals surface area contributed by atoms with Crippen molar-refractivity contribution in [2.45, 2.75) is 12.7 Å². The summed E-state index contributed by atoms with van der Waals surface area (Å²) in [6.07, 6.45) is -1.34. The predicted molar refractivity (Wildman–Crippen MR) is 127 cm³/mol. The number of methoxy groups -OCH3 is 1. The van der Waals surface area contributed by atoms with Crippen molar-refractivity contribution >= 4 is 28.5 Å². The van der Waals surface area contributed by atoms with Crippen LogP contribution in [0.15, 0.2) is 60.9 Å². The summed E-state index contributed by atoms with van der Waals surface area (Å²) in [6.45, 7) is -0.538. The highest BCUT2D eigenvalue weighted by molar-refractivity contribution is 6.08. The van der Waals surface area contributed by atoms with Gasteiger partial charge in [0.1, 0.15) is 12.4 Å². The fraction of sp³-hybridized carbons (Fsp3) is 0.200. The lowest BCUT2D eigenvalue weighted by Crippen LogP contribution is -2.25. The quantitative estimate of drug-likeness (QED) is 0.400. The minimum absolute atomic E-state index is 0.0679. The summed E-state index contributed by atoms with van der Waals surface area (Å²) in [7, 11) is 3.10. The van der Waals surface area contributed by atoms with Gasteiger partial charge in [0.2, 0.25) is 5.91 Å². The van der Waals surface area contributed by atoms with Gasteiger partial charge in [-0.3, -0.25) is 14.6 Å². The molecule has 36 heavy (non-hydrogen) atoms. The largest absolute Gasteiger partial charge is 0.416 e. The zero-order valence-electron chi connectivity index (χ0n) is 19.4. The second-order valence-corrected chi connectivity index (χ2v) is 7.94. The lowest BCUT2D eigenvalue weighted by Gasteiger charge is -2.14. The molecule has 2 heterocycles. The molecule has 8 nitrogen and oxygen atoms in total. The van der Waals surface area contributed by atoms with Gasteiger partial charge in [-0.1, -0.05) is 18.2 Å². The molecule has 0 saturated carbocycles. The first-order chi connectivity index (χ1) is 17.2. The molecule has 0 radical (unpaired) electrons. The number of rotatable bonds is 7. The number of halogens is 3. The van der Waals surface area contributed by atoms with E-state index in [-0.39, 0.29) is 24.3 Å². The van der Waals surface area contributed by atoms with Gasteiger partial charge in [-0.25, -0.2) is 4.98 Å². The van der Waals surface area contributed by atoms with E-state index in [4.69, 9.17) is 4.74 Å². The lowest BCUT2D eigenvalue weighted by molar-refractivity contribution is -0.138. The third kappa shape index (κ3) is 5.20. The highest BCUT2D eigenvalue weighted by Gasteiger charge is 2.33. The van der Waals surface area contributed by atoms with Crippen LogP contribution in [0, 0.1) is 0 Å². The van der Waals surface area contributed by atoms with Gasteiger partial charge in [-0.05, 0) is 35.9 Å². The van der Waals surface area contributed by atoms with E-state index in [1.165, 1.54) is 31.4 Å². The molecular formula is C25H22F3N5O3. The Hall–Kier alpha value is -4.25. The van der Waals surface area contributed by atoms with Crippen molar-refractivity contribution in [2.24, 2.45) is 7.05 Å². The minimum Gasteiger partial charge on any atom is -0.375 e. The SMILES string of the molecule is COCC(=O)Nc1cc(C(=O)NCc2ccccc2C(F)(F)F)c2c(c1)nc(-c1ccncc1)n2C. The average molecular weight is 497 g/mol. The Morgan fingerprint density at radius 3 is 2.50 bits per heavy atom. The zero-order chi connectivity index (χ0) is 25.9. The number of carbonyl (C=O) groups excluding carboxylic acids is 2. The first kappa shape index (κ1) is 24.9. The van der Waals surface area contributed by atoms with E-state index in [0.717, 1.165) is 11.6 Å². The van der Waals surface area contributed by atoms with Crippen LogP contribution in [0.2, 0.25) is 0 Å². The Balaban J connectivity index is 1.75. The third-order valence-corrected chi connectivity index (χ3v) is 5.47. The van der Waals surface area contributed by atoms with Gasteiger partial charge in [-0.15, -0.1) is 0 Å². The van der Waals surface area contributed by atoms with Gasteiger partial charge in [0.15, 0.2) is 0 Å². The van der Waals surface area contributed by atoms with Crippen molar-refractivity contribution in [3.63, 3.8) is 0 Å². The molecule has 0 fully saturated rings. The number of nitrogens with zero attached hydrogens (tertiary/aromatic N) is 3. The molecule has 4 rings (SSSR count). The summed E-state index contributed by atoms with van der Waals surface area (Å²) in [4.78, 5) is 34.0. The van der Waals surface area contributed by atoms with Crippen LogP contribution in [0.4, 0.5) is 18.9 Å². The molecule has 0 aliphatic heterocycles. The third-order valence-electron chi connectivity index (χ3n) is 5.47. The molecule has 0 aliphatic carbocycles. The van der Waals surface area contributed by atoms with Gasteiger partial charge in [0, 0.05) is 44.3 Å². The number of aromatic nitrogens is 3. The maximum absolute atomic E-state index is 13.4. The molecule has 2 aromatic heterocycles. The number of benzene rings is 2. The Morgan fingerprint density at radius 1 is 1.08 bits per heavy atom. The molecule has 2 aromatic carbocycles.